The van der Waals surface area contributed by atoms with Gasteiger partial charge in [-0.2, -0.15) is 0 Å². The average molecular weight is 356 g/mol. The Kier molecular flexibility index (Phi) is 4.75. The fourth-order valence-corrected chi connectivity index (χ4v) is 6.32. The van der Waals surface area contributed by atoms with Crippen molar-refractivity contribution in [3.8, 4) is 0 Å². The lowest BCUT2D eigenvalue weighted by Crippen LogP contribution is -2.24. The minimum Gasteiger partial charge on any atom is -0.497 e. The minimum atomic E-state index is -0.274. The predicted molar refractivity (Wildman–Crippen MR) is 104 cm³/mol. The summed E-state index contributed by atoms with van der Waals surface area (Å²) >= 11 is 0. The van der Waals surface area contributed by atoms with Gasteiger partial charge in [0.1, 0.15) is 5.76 Å². The zero-order valence-corrected chi connectivity index (χ0v) is 16.4. The van der Waals surface area contributed by atoms with E-state index < -0.39 is 0 Å². The molecule has 0 bridgehead atoms. The number of allylic oxidation sites excluding steroid dienone is 4. The molecular weight excluding hydrogens is 322 g/mol. The molecule has 2 N–H and O–H groups in total. The molecule has 0 aromatic carbocycles. The summed E-state index contributed by atoms with van der Waals surface area (Å²) in [6.45, 7) is 2.55. The third kappa shape index (κ3) is 3.14. The summed E-state index contributed by atoms with van der Waals surface area (Å²) in [7, 11) is 1.72. The van der Waals surface area contributed by atoms with Crippen LogP contribution in [0.3, 0.4) is 0 Å². The molecule has 4 aliphatic rings. The Morgan fingerprint density at radius 1 is 1.31 bits per heavy atom. The molecule has 0 aromatic heterocycles. The fraction of sp³-hybridized carbons (Fsp3) is 0.696. The highest BCUT2D eigenvalue weighted by Gasteiger charge is 2.45. The normalized spacial score (nSPS) is 36.8. The van der Waals surface area contributed by atoms with E-state index in [1.807, 2.05) is 0 Å². The Hall–Kier alpha value is -1.51. The van der Waals surface area contributed by atoms with Crippen LogP contribution in [0, 0.1) is 23.2 Å². The molecule has 4 aliphatic carbocycles. The lowest BCUT2D eigenvalue weighted by molar-refractivity contribution is -0.117. The van der Waals surface area contributed by atoms with E-state index in [2.05, 4.69) is 19.1 Å². The number of methoxy groups -OCH3 is 1. The van der Waals surface area contributed by atoms with Gasteiger partial charge in [0, 0.05) is 0 Å². The van der Waals surface area contributed by atoms with E-state index in [1.54, 1.807) is 7.11 Å². The first-order chi connectivity index (χ1) is 12.5. The van der Waals surface area contributed by atoms with Gasteiger partial charge in [0.25, 0.3) is 0 Å². The first kappa shape index (κ1) is 17.9. The fourth-order valence-electron chi connectivity index (χ4n) is 6.32. The lowest BCUT2D eigenvalue weighted by atomic mass is 9.70. The number of primary amides is 1. The van der Waals surface area contributed by atoms with Gasteiger partial charge in [-0.1, -0.05) is 19.4 Å². The summed E-state index contributed by atoms with van der Waals surface area (Å²) < 4.78 is 5.70. The number of amides is 1. The number of carbonyl (C=O) groups is 1. The van der Waals surface area contributed by atoms with Gasteiger partial charge in [-0.15, -0.1) is 0 Å². The molecule has 3 nitrogen and oxygen atoms in total. The van der Waals surface area contributed by atoms with Gasteiger partial charge in [0.2, 0.25) is 5.91 Å². The number of hydrogen-bond donors (Lipinski definition) is 1. The number of ether oxygens (including phenoxy) is 1. The number of fused-ring (bicyclic) bond motifs is 4. The lowest BCUT2D eigenvalue weighted by Gasteiger charge is -2.35. The van der Waals surface area contributed by atoms with Gasteiger partial charge in [0.15, 0.2) is 0 Å². The Morgan fingerprint density at radius 2 is 2.15 bits per heavy atom. The highest BCUT2D eigenvalue weighted by Crippen LogP contribution is 2.57. The summed E-state index contributed by atoms with van der Waals surface area (Å²) in [5, 5.41) is 0. The zero-order valence-electron chi connectivity index (χ0n) is 16.4. The molecule has 3 heteroatoms. The molecule has 4 unspecified atom stereocenters. The monoisotopic (exact) mass is 355 g/mol. The highest BCUT2D eigenvalue weighted by molar-refractivity contribution is 5.77. The van der Waals surface area contributed by atoms with Crippen molar-refractivity contribution < 1.29 is 9.53 Å². The van der Waals surface area contributed by atoms with Gasteiger partial charge in [-0.3, -0.25) is 4.79 Å². The second-order valence-corrected chi connectivity index (χ2v) is 9.27. The Bertz CT molecular complexity index is 686. The van der Waals surface area contributed by atoms with Crippen molar-refractivity contribution >= 4 is 5.91 Å². The van der Waals surface area contributed by atoms with E-state index in [1.165, 1.54) is 62.5 Å². The summed E-state index contributed by atoms with van der Waals surface area (Å²) in [4.78, 5) is 11.5. The predicted octanol–water partition coefficient (Wildman–Crippen LogP) is 5.04. The molecule has 0 heterocycles. The van der Waals surface area contributed by atoms with Gasteiger partial charge < -0.3 is 10.5 Å². The molecule has 3 fully saturated rings. The smallest absolute Gasteiger partial charge is 0.221 e. The van der Waals surface area contributed by atoms with E-state index in [-0.39, 0.29) is 5.91 Å². The second-order valence-electron chi connectivity index (χ2n) is 9.27. The third-order valence-corrected chi connectivity index (χ3v) is 7.86. The quantitative estimate of drug-likeness (QED) is 0.771. The third-order valence-electron chi connectivity index (χ3n) is 7.86. The Morgan fingerprint density at radius 3 is 2.92 bits per heavy atom. The van der Waals surface area contributed by atoms with Crippen LogP contribution in [-0.4, -0.2) is 13.0 Å². The van der Waals surface area contributed by atoms with E-state index in [0.717, 1.165) is 29.6 Å². The topological polar surface area (TPSA) is 52.3 Å². The molecule has 0 radical (unpaired) electrons. The van der Waals surface area contributed by atoms with Crippen LogP contribution in [0.25, 0.3) is 0 Å². The molecule has 4 atom stereocenters. The summed E-state index contributed by atoms with van der Waals surface area (Å²) in [6.07, 6.45) is 16.6. The maximum Gasteiger partial charge on any atom is 0.221 e. The van der Waals surface area contributed by atoms with E-state index in [9.17, 15) is 4.79 Å². The van der Waals surface area contributed by atoms with Gasteiger partial charge in [-0.05, 0) is 97.3 Å². The van der Waals surface area contributed by atoms with Crippen LogP contribution >= 0.6 is 0 Å². The maximum atomic E-state index is 11.5. The van der Waals surface area contributed by atoms with Crippen LogP contribution in [0.5, 0.6) is 0 Å². The van der Waals surface area contributed by atoms with Crippen LogP contribution in [0.15, 0.2) is 34.6 Å². The van der Waals surface area contributed by atoms with Crippen molar-refractivity contribution in [3.63, 3.8) is 0 Å². The molecule has 0 spiro atoms. The van der Waals surface area contributed by atoms with Crippen molar-refractivity contribution in [3.05, 3.63) is 34.6 Å². The van der Waals surface area contributed by atoms with Crippen LogP contribution in [0.4, 0.5) is 0 Å². The largest absolute Gasteiger partial charge is 0.497 e. The van der Waals surface area contributed by atoms with Crippen molar-refractivity contribution in [1.82, 2.24) is 0 Å². The number of hydrogen-bond acceptors (Lipinski definition) is 2. The summed E-state index contributed by atoms with van der Waals surface area (Å²) in [5.74, 6) is 3.01. The Balaban J connectivity index is 1.67. The van der Waals surface area contributed by atoms with Gasteiger partial charge >= 0.3 is 0 Å². The number of nitrogens with two attached hydrogens (primary N) is 1. The van der Waals surface area contributed by atoms with Crippen molar-refractivity contribution in [1.29, 1.82) is 0 Å². The van der Waals surface area contributed by atoms with Crippen molar-refractivity contribution in [2.24, 2.45) is 28.9 Å². The average Bonchev–Trinajstić information content (AvgIpc) is 2.78. The first-order valence-corrected chi connectivity index (χ1v) is 10.5. The number of carbonyl (C=O) groups excluding carboxylic acids is 1. The molecule has 0 aromatic rings. The highest BCUT2D eigenvalue weighted by atomic mass is 16.5. The van der Waals surface area contributed by atoms with Gasteiger partial charge in [-0.25, -0.2) is 0 Å². The van der Waals surface area contributed by atoms with Crippen molar-refractivity contribution in [2.45, 2.75) is 71.1 Å². The van der Waals surface area contributed by atoms with E-state index in [0.29, 0.717) is 17.8 Å². The molecule has 0 saturated heterocycles. The molecule has 26 heavy (non-hydrogen) atoms. The number of rotatable bonds is 3. The van der Waals surface area contributed by atoms with E-state index >= 15 is 0 Å². The van der Waals surface area contributed by atoms with E-state index in [4.69, 9.17) is 10.5 Å². The maximum absolute atomic E-state index is 11.5. The van der Waals surface area contributed by atoms with Crippen LogP contribution in [0.2, 0.25) is 0 Å². The molecule has 3 saturated carbocycles. The SMILES string of the molecule is COC1=C(CC(N)=O)CC=C2CCC3CC4CCCC4(C)CCC3C2=C1. The van der Waals surface area contributed by atoms with Gasteiger partial charge in [0.05, 0.1) is 13.5 Å². The van der Waals surface area contributed by atoms with Crippen LogP contribution < -0.4 is 5.73 Å². The molecule has 4 rings (SSSR count). The molecule has 0 aliphatic heterocycles. The standard InChI is InChI=1S/C23H33NO2/c1-23-10-3-4-18(23)12-16-7-5-15-6-8-17(13-22(24)25)21(26-2)14-20(15)19(16)9-11-23/h6,14,16,18-19H,3-5,7-13H2,1-2H3,(H2,24,25). The Labute approximate surface area is 157 Å². The second kappa shape index (κ2) is 6.90. The molecule has 142 valence electrons. The minimum absolute atomic E-state index is 0.274. The molecular formula is C23H33NO2. The van der Waals surface area contributed by atoms with Crippen molar-refractivity contribution in [2.75, 3.05) is 7.11 Å². The molecule has 1 amide bonds. The first-order valence-electron chi connectivity index (χ1n) is 10.5. The zero-order chi connectivity index (χ0) is 18.3. The summed E-state index contributed by atoms with van der Waals surface area (Å²) in [5.41, 5.74) is 10.1. The van der Waals surface area contributed by atoms with Crippen LogP contribution in [-0.2, 0) is 9.53 Å². The summed E-state index contributed by atoms with van der Waals surface area (Å²) in [6, 6.07) is 0. The van der Waals surface area contributed by atoms with Crippen LogP contribution in [0.1, 0.15) is 71.1 Å².